The Morgan fingerprint density at radius 1 is 0.818 bits per heavy atom. The first-order valence-electron chi connectivity index (χ1n) is 13.8. The van der Waals surface area contributed by atoms with E-state index in [2.05, 4.69) is 26.3 Å². The molecular weight excluding hydrogens is 580 g/mol. The summed E-state index contributed by atoms with van der Waals surface area (Å²) in [4.78, 5) is 78.4. The summed E-state index contributed by atoms with van der Waals surface area (Å²) in [6.45, 7) is 3.35. The van der Waals surface area contributed by atoms with Gasteiger partial charge in [-0.3, -0.25) is 29.0 Å². The highest BCUT2D eigenvalue weighted by atomic mass is 16.4. The van der Waals surface area contributed by atoms with Crippen LogP contribution in [0.25, 0.3) is 0 Å². The van der Waals surface area contributed by atoms with Crippen LogP contribution in [0.15, 0.2) is 29.3 Å². The van der Waals surface area contributed by atoms with Crippen molar-refractivity contribution in [1.29, 1.82) is 0 Å². The molecule has 0 fully saturated rings. The smallest absolute Gasteiger partial charge is 0.326 e. The van der Waals surface area contributed by atoms with Crippen molar-refractivity contribution in [1.82, 2.24) is 21.3 Å². The summed E-state index contributed by atoms with van der Waals surface area (Å²) in [5.41, 5.74) is 16.6. The summed E-state index contributed by atoms with van der Waals surface area (Å²) < 4.78 is 0. The molecule has 44 heavy (non-hydrogen) atoms. The number of carbonyl (C=O) groups excluding carboxylic acids is 4. The third kappa shape index (κ3) is 14.3. The van der Waals surface area contributed by atoms with E-state index in [1.165, 1.54) is 24.3 Å². The monoisotopic (exact) mass is 622 g/mol. The van der Waals surface area contributed by atoms with Crippen LogP contribution >= 0.6 is 0 Å². The zero-order chi connectivity index (χ0) is 33.4. The summed E-state index contributed by atoms with van der Waals surface area (Å²) in [5, 5.41) is 37.8. The predicted octanol–water partition coefficient (Wildman–Crippen LogP) is -2.51. The van der Waals surface area contributed by atoms with E-state index in [0.29, 0.717) is 5.56 Å². The zero-order valence-electron chi connectivity index (χ0n) is 24.6. The quantitative estimate of drug-likeness (QED) is 0.0435. The Morgan fingerprint density at radius 2 is 1.36 bits per heavy atom. The number of nitrogens with zero attached hydrogens (tertiary/aromatic N) is 1. The first-order valence-corrected chi connectivity index (χ1v) is 13.8. The van der Waals surface area contributed by atoms with Crippen molar-refractivity contribution in [3.05, 3.63) is 29.8 Å². The number of phenols is 1. The normalized spacial score (nSPS) is 13.5. The lowest BCUT2D eigenvalue weighted by atomic mass is 10.0. The molecule has 4 amide bonds. The van der Waals surface area contributed by atoms with Crippen LogP contribution < -0.4 is 38.5 Å². The lowest BCUT2D eigenvalue weighted by Gasteiger charge is -2.26. The summed E-state index contributed by atoms with van der Waals surface area (Å²) in [7, 11) is 0. The third-order valence-electron chi connectivity index (χ3n) is 6.12. The van der Waals surface area contributed by atoms with E-state index >= 15 is 0 Å². The highest BCUT2D eigenvalue weighted by molar-refractivity contribution is 5.95. The van der Waals surface area contributed by atoms with Crippen molar-refractivity contribution in [3.8, 4) is 5.75 Å². The van der Waals surface area contributed by atoms with Crippen LogP contribution in [0.3, 0.4) is 0 Å². The van der Waals surface area contributed by atoms with Crippen LogP contribution in [-0.2, 0) is 35.2 Å². The summed E-state index contributed by atoms with van der Waals surface area (Å²) in [5.74, 6) is -6.45. The number of carboxylic acids is 2. The van der Waals surface area contributed by atoms with E-state index in [1.54, 1.807) is 0 Å². The first-order chi connectivity index (χ1) is 20.6. The standard InChI is InChI=1S/C27H42N8O9/c1-14(2)10-18(32-21(37)13-28)24(41)34-19(11-15-5-7-16(36)8-6-15)25(42)33-17(4-3-9-31-27(29)30)23(40)35-20(26(43)44)12-22(38)39/h5-8,14,17-20,36H,3-4,9-13,28H2,1-2H3,(H,32,37)(H,33,42)(H,34,41)(H,35,40)(H,38,39)(H,43,44)(H4,29,30,31). The highest BCUT2D eigenvalue weighted by Gasteiger charge is 2.32. The Hall–Kier alpha value is -4.93. The van der Waals surface area contributed by atoms with Crippen LogP contribution in [-0.4, -0.2) is 94.1 Å². The number of aromatic hydroxyl groups is 1. The fraction of sp³-hybridized carbons (Fsp3) is 0.519. The third-order valence-corrected chi connectivity index (χ3v) is 6.12. The molecule has 17 nitrogen and oxygen atoms in total. The van der Waals surface area contributed by atoms with Gasteiger partial charge in [0, 0.05) is 13.0 Å². The Kier molecular flexibility index (Phi) is 15.7. The van der Waals surface area contributed by atoms with E-state index in [1.807, 2.05) is 13.8 Å². The number of benzene rings is 1. The van der Waals surface area contributed by atoms with Crippen LogP contribution in [0.4, 0.5) is 0 Å². The van der Waals surface area contributed by atoms with E-state index < -0.39 is 66.2 Å². The number of aliphatic carboxylic acids is 2. The number of carboxylic acid groups (broad SMARTS) is 2. The molecule has 0 spiro atoms. The maximum Gasteiger partial charge on any atom is 0.326 e. The van der Waals surface area contributed by atoms with E-state index in [4.69, 9.17) is 22.3 Å². The molecule has 0 aliphatic rings. The fourth-order valence-electron chi connectivity index (χ4n) is 4.00. The van der Waals surface area contributed by atoms with Crippen LogP contribution in [0.2, 0.25) is 0 Å². The van der Waals surface area contributed by atoms with Gasteiger partial charge in [-0.25, -0.2) is 4.79 Å². The molecule has 0 heterocycles. The number of hydrogen-bond donors (Lipinski definition) is 10. The van der Waals surface area contributed by atoms with Crippen molar-refractivity contribution in [2.24, 2.45) is 28.1 Å². The molecule has 244 valence electrons. The largest absolute Gasteiger partial charge is 0.508 e. The van der Waals surface area contributed by atoms with Crippen LogP contribution in [0.5, 0.6) is 5.75 Å². The molecule has 1 rings (SSSR count). The van der Waals surface area contributed by atoms with E-state index in [0.717, 1.165) is 0 Å². The molecule has 1 aromatic carbocycles. The number of hydrogen-bond acceptors (Lipinski definition) is 9. The SMILES string of the molecule is CC(C)CC(NC(=O)CN)C(=O)NC(Cc1ccc(O)cc1)C(=O)NC(CCCN=C(N)N)C(=O)NC(CC(=O)O)C(=O)O. The van der Waals surface area contributed by atoms with Gasteiger partial charge in [0.2, 0.25) is 23.6 Å². The van der Waals surface area contributed by atoms with Gasteiger partial charge in [-0.1, -0.05) is 26.0 Å². The summed E-state index contributed by atoms with van der Waals surface area (Å²) in [6.07, 6.45) is -0.724. The molecule has 4 unspecified atom stereocenters. The minimum Gasteiger partial charge on any atom is -0.508 e. The molecule has 0 saturated heterocycles. The lowest BCUT2D eigenvalue weighted by molar-refractivity contribution is -0.147. The van der Waals surface area contributed by atoms with Gasteiger partial charge in [-0.15, -0.1) is 0 Å². The van der Waals surface area contributed by atoms with Gasteiger partial charge in [-0.05, 0) is 42.9 Å². The Morgan fingerprint density at radius 3 is 1.89 bits per heavy atom. The minimum absolute atomic E-state index is 0.0283. The zero-order valence-corrected chi connectivity index (χ0v) is 24.6. The molecule has 0 aliphatic heterocycles. The van der Waals surface area contributed by atoms with E-state index in [-0.39, 0.29) is 56.4 Å². The Bertz CT molecular complexity index is 1190. The number of nitrogens with one attached hydrogen (secondary N) is 4. The van der Waals surface area contributed by atoms with Crippen LogP contribution in [0, 0.1) is 5.92 Å². The number of rotatable bonds is 19. The molecule has 0 aliphatic carbocycles. The molecule has 0 radical (unpaired) electrons. The first kappa shape index (κ1) is 37.1. The van der Waals surface area contributed by atoms with Gasteiger partial charge in [0.25, 0.3) is 0 Å². The highest BCUT2D eigenvalue weighted by Crippen LogP contribution is 2.13. The Labute approximate surface area is 254 Å². The van der Waals surface area contributed by atoms with E-state index in [9.17, 15) is 39.0 Å². The number of nitrogens with two attached hydrogens (primary N) is 3. The number of amides is 4. The number of guanidine groups is 1. The maximum absolute atomic E-state index is 13.6. The predicted molar refractivity (Wildman–Crippen MR) is 158 cm³/mol. The van der Waals surface area contributed by atoms with Gasteiger partial charge in [0.1, 0.15) is 29.9 Å². The molecule has 17 heteroatoms. The minimum atomic E-state index is -1.78. The lowest BCUT2D eigenvalue weighted by Crippen LogP contribution is -2.58. The number of carbonyl (C=O) groups is 6. The maximum atomic E-state index is 13.6. The summed E-state index contributed by atoms with van der Waals surface area (Å²) in [6, 6.07) is 0.291. The molecule has 0 saturated carbocycles. The molecule has 1 aromatic rings. The van der Waals surface area contributed by atoms with Crippen LogP contribution in [0.1, 0.15) is 45.1 Å². The summed E-state index contributed by atoms with van der Waals surface area (Å²) >= 11 is 0. The topological polar surface area (TPSA) is 302 Å². The second-order valence-electron chi connectivity index (χ2n) is 10.4. The van der Waals surface area contributed by atoms with Crippen molar-refractivity contribution in [2.75, 3.05) is 13.1 Å². The van der Waals surface area contributed by atoms with Crippen molar-refractivity contribution in [2.45, 2.75) is 70.1 Å². The molecule has 13 N–H and O–H groups in total. The molecule has 4 atom stereocenters. The van der Waals surface area contributed by atoms with Gasteiger partial charge < -0.3 is 53.8 Å². The van der Waals surface area contributed by atoms with Gasteiger partial charge in [0.15, 0.2) is 5.96 Å². The Balaban J connectivity index is 3.33. The second-order valence-corrected chi connectivity index (χ2v) is 10.4. The molecule has 0 aromatic heterocycles. The molecule has 0 bridgehead atoms. The number of aliphatic imine (C=N–C) groups is 1. The average Bonchev–Trinajstić information content (AvgIpc) is 2.93. The fourth-order valence-corrected chi connectivity index (χ4v) is 4.00. The van der Waals surface area contributed by atoms with Crippen molar-refractivity contribution >= 4 is 41.5 Å². The average molecular weight is 623 g/mol. The van der Waals surface area contributed by atoms with Gasteiger partial charge in [-0.2, -0.15) is 0 Å². The van der Waals surface area contributed by atoms with Gasteiger partial charge in [0.05, 0.1) is 13.0 Å². The van der Waals surface area contributed by atoms with Gasteiger partial charge >= 0.3 is 11.9 Å². The van der Waals surface area contributed by atoms with Crippen molar-refractivity contribution < 1.29 is 44.1 Å². The molecular formula is C27H42N8O9. The number of phenolic OH excluding ortho intramolecular Hbond substituents is 1. The second kappa shape index (κ2) is 18.6. The van der Waals surface area contributed by atoms with Crippen molar-refractivity contribution in [3.63, 3.8) is 0 Å².